The summed E-state index contributed by atoms with van der Waals surface area (Å²) >= 11 is 0. The van der Waals surface area contributed by atoms with Crippen LogP contribution >= 0.6 is 0 Å². The topological polar surface area (TPSA) is 3.88 Å². The first-order chi connectivity index (χ1) is 8.50. The van der Waals surface area contributed by atoms with E-state index in [2.05, 4.69) is 75.8 Å². The molecule has 0 fully saturated rings. The van der Waals surface area contributed by atoms with Crippen LogP contribution in [-0.4, -0.2) is 0 Å². The van der Waals surface area contributed by atoms with E-state index < -0.39 is 0 Å². The summed E-state index contributed by atoms with van der Waals surface area (Å²) in [7, 11) is 2.13. The van der Waals surface area contributed by atoms with Crippen LogP contribution in [0.2, 0.25) is 0 Å². The number of hydrogen-bond acceptors (Lipinski definition) is 0. The summed E-state index contributed by atoms with van der Waals surface area (Å²) in [5, 5.41) is 0. The van der Waals surface area contributed by atoms with E-state index in [-0.39, 0.29) is 0 Å². The van der Waals surface area contributed by atoms with Crippen molar-refractivity contribution in [2.75, 3.05) is 0 Å². The maximum atomic E-state index is 2.30. The Labute approximate surface area is 110 Å². The lowest BCUT2D eigenvalue weighted by molar-refractivity contribution is -0.660. The predicted octanol–water partition coefficient (Wildman–Crippen LogP) is 3.92. The van der Waals surface area contributed by atoms with Crippen LogP contribution in [0.1, 0.15) is 36.5 Å². The first kappa shape index (κ1) is 12.8. The molecule has 1 aromatic carbocycles. The van der Waals surface area contributed by atoms with Crippen LogP contribution in [0, 0.1) is 13.8 Å². The van der Waals surface area contributed by atoms with E-state index >= 15 is 0 Å². The molecular weight excluding hydrogens is 218 g/mol. The Morgan fingerprint density at radius 1 is 1.00 bits per heavy atom. The minimum absolute atomic E-state index is 0.571. The number of benzene rings is 1. The predicted molar refractivity (Wildman–Crippen MR) is 76.6 cm³/mol. The number of pyridine rings is 1. The molecular formula is C17H22N+. The summed E-state index contributed by atoms with van der Waals surface area (Å²) < 4.78 is 2.24. The van der Waals surface area contributed by atoms with Gasteiger partial charge in [-0.2, -0.15) is 0 Å². The van der Waals surface area contributed by atoms with Crippen molar-refractivity contribution >= 4 is 0 Å². The summed E-state index contributed by atoms with van der Waals surface area (Å²) in [5.74, 6) is 0.571. The largest absolute Gasteiger partial charge is 0.212 e. The summed E-state index contributed by atoms with van der Waals surface area (Å²) in [6.07, 6.45) is 2.27. The van der Waals surface area contributed by atoms with Gasteiger partial charge in [0, 0.05) is 17.2 Å². The van der Waals surface area contributed by atoms with Crippen molar-refractivity contribution in [2.45, 2.75) is 33.6 Å². The molecule has 0 radical (unpaired) electrons. The molecule has 0 unspecified atom stereocenters. The Balaban J connectivity index is 2.61. The van der Waals surface area contributed by atoms with E-state index in [1.54, 1.807) is 0 Å². The lowest BCUT2D eigenvalue weighted by Crippen LogP contribution is -2.32. The highest BCUT2D eigenvalue weighted by Gasteiger charge is 2.16. The SMILES string of the molecule is Cc1ccccc1-c1cc(C)c(C(C)C)c[n+]1C. The van der Waals surface area contributed by atoms with Crippen molar-refractivity contribution < 1.29 is 4.57 Å². The molecule has 0 N–H and O–H groups in total. The van der Waals surface area contributed by atoms with Crippen LogP contribution in [-0.2, 0) is 7.05 Å². The van der Waals surface area contributed by atoms with Gasteiger partial charge in [-0.1, -0.05) is 32.0 Å². The molecule has 0 bridgehead atoms. The molecule has 18 heavy (non-hydrogen) atoms. The van der Waals surface area contributed by atoms with E-state index in [1.807, 2.05) is 0 Å². The highest BCUT2D eigenvalue weighted by molar-refractivity contribution is 5.61. The van der Waals surface area contributed by atoms with Crippen LogP contribution in [0.4, 0.5) is 0 Å². The molecule has 0 saturated heterocycles. The minimum atomic E-state index is 0.571. The smallest absolute Gasteiger partial charge is 0.201 e. The van der Waals surface area contributed by atoms with Crippen molar-refractivity contribution in [2.24, 2.45) is 7.05 Å². The van der Waals surface area contributed by atoms with Crippen molar-refractivity contribution in [3.8, 4) is 11.3 Å². The second-order valence-electron chi connectivity index (χ2n) is 5.38. The maximum Gasteiger partial charge on any atom is 0.212 e. The van der Waals surface area contributed by atoms with Gasteiger partial charge < -0.3 is 0 Å². The number of nitrogens with zero attached hydrogens (tertiary/aromatic N) is 1. The summed E-state index contributed by atoms with van der Waals surface area (Å²) in [6, 6.07) is 10.9. The normalized spacial score (nSPS) is 11.0. The van der Waals surface area contributed by atoms with Gasteiger partial charge in [-0.3, -0.25) is 0 Å². The quantitative estimate of drug-likeness (QED) is 0.701. The van der Waals surface area contributed by atoms with Crippen LogP contribution < -0.4 is 4.57 Å². The summed E-state index contributed by atoms with van der Waals surface area (Å²) in [5.41, 5.74) is 6.73. The molecule has 94 valence electrons. The Morgan fingerprint density at radius 3 is 2.28 bits per heavy atom. The van der Waals surface area contributed by atoms with Crippen LogP contribution in [0.15, 0.2) is 36.5 Å². The van der Waals surface area contributed by atoms with Gasteiger partial charge in [0.2, 0.25) is 5.69 Å². The number of aryl methyl sites for hydroxylation is 3. The van der Waals surface area contributed by atoms with E-state index in [1.165, 1.54) is 27.9 Å². The van der Waals surface area contributed by atoms with Gasteiger partial charge in [-0.25, -0.2) is 4.57 Å². The second-order valence-corrected chi connectivity index (χ2v) is 5.38. The Morgan fingerprint density at radius 2 is 1.67 bits per heavy atom. The lowest BCUT2D eigenvalue weighted by atomic mass is 9.97. The standard InChI is InChI=1S/C17H22N/c1-12(2)16-11-18(5)17(10-14(16)4)15-9-7-6-8-13(15)3/h6-12H,1-5H3/q+1. The fraction of sp³-hybridized carbons (Fsp3) is 0.353. The maximum absolute atomic E-state index is 2.30. The van der Waals surface area contributed by atoms with Crippen molar-refractivity contribution in [1.82, 2.24) is 0 Å². The molecule has 0 saturated carbocycles. The van der Waals surface area contributed by atoms with Gasteiger partial charge in [-0.05, 0) is 37.0 Å². The third kappa shape index (κ3) is 2.31. The third-order valence-electron chi connectivity index (χ3n) is 3.56. The molecule has 0 spiro atoms. The molecule has 2 aromatic rings. The third-order valence-corrected chi connectivity index (χ3v) is 3.56. The fourth-order valence-electron chi connectivity index (χ4n) is 2.50. The molecule has 1 aromatic heterocycles. The van der Waals surface area contributed by atoms with Crippen LogP contribution in [0.25, 0.3) is 11.3 Å². The summed E-state index contributed by atoms with van der Waals surface area (Å²) in [4.78, 5) is 0. The Kier molecular flexibility index (Phi) is 3.51. The zero-order valence-electron chi connectivity index (χ0n) is 12.0. The van der Waals surface area contributed by atoms with Crippen LogP contribution in [0.3, 0.4) is 0 Å². The molecule has 0 amide bonds. The van der Waals surface area contributed by atoms with Crippen LogP contribution in [0.5, 0.6) is 0 Å². The van der Waals surface area contributed by atoms with E-state index in [0.29, 0.717) is 5.92 Å². The molecule has 0 aliphatic rings. The number of aromatic nitrogens is 1. The lowest BCUT2D eigenvalue weighted by Gasteiger charge is -2.11. The average molecular weight is 240 g/mol. The van der Waals surface area contributed by atoms with Gasteiger partial charge in [0.1, 0.15) is 7.05 Å². The molecule has 0 aliphatic heterocycles. The van der Waals surface area contributed by atoms with Crippen molar-refractivity contribution in [3.63, 3.8) is 0 Å². The number of hydrogen-bond donors (Lipinski definition) is 0. The monoisotopic (exact) mass is 240 g/mol. The molecule has 1 heteroatoms. The summed E-state index contributed by atoms with van der Waals surface area (Å²) in [6.45, 7) is 8.86. The highest BCUT2D eigenvalue weighted by atomic mass is 14.9. The van der Waals surface area contributed by atoms with Crippen molar-refractivity contribution in [3.05, 3.63) is 53.2 Å². The molecule has 2 rings (SSSR count). The number of rotatable bonds is 2. The zero-order valence-corrected chi connectivity index (χ0v) is 12.0. The van der Waals surface area contributed by atoms with Gasteiger partial charge in [0.05, 0.1) is 0 Å². The van der Waals surface area contributed by atoms with E-state index in [9.17, 15) is 0 Å². The molecule has 1 nitrogen and oxygen atoms in total. The van der Waals surface area contributed by atoms with Crippen molar-refractivity contribution in [1.29, 1.82) is 0 Å². The zero-order chi connectivity index (χ0) is 13.3. The minimum Gasteiger partial charge on any atom is -0.201 e. The first-order valence-electron chi connectivity index (χ1n) is 6.57. The van der Waals surface area contributed by atoms with E-state index in [0.717, 1.165) is 0 Å². The Bertz CT molecular complexity index is 568. The second kappa shape index (κ2) is 4.93. The average Bonchev–Trinajstić information content (AvgIpc) is 2.32. The van der Waals surface area contributed by atoms with Gasteiger partial charge in [0.15, 0.2) is 6.20 Å². The van der Waals surface area contributed by atoms with Gasteiger partial charge >= 0.3 is 0 Å². The molecule has 0 aliphatic carbocycles. The Hall–Kier alpha value is -1.63. The van der Waals surface area contributed by atoms with E-state index in [4.69, 9.17) is 0 Å². The first-order valence-corrected chi connectivity index (χ1v) is 6.57. The van der Waals surface area contributed by atoms with Gasteiger partial charge in [0.25, 0.3) is 0 Å². The molecule has 0 atom stereocenters. The highest BCUT2D eigenvalue weighted by Crippen LogP contribution is 2.24. The van der Waals surface area contributed by atoms with Gasteiger partial charge in [-0.15, -0.1) is 0 Å². The molecule has 1 heterocycles. The fourth-order valence-corrected chi connectivity index (χ4v) is 2.50.